The Bertz CT molecular complexity index is 927. The van der Waals surface area contributed by atoms with Crippen LogP contribution in [-0.2, 0) is 13.0 Å². The van der Waals surface area contributed by atoms with Gasteiger partial charge in [0.25, 0.3) is 5.91 Å². The Morgan fingerprint density at radius 3 is 2.70 bits per heavy atom. The number of unbranched alkanes of at least 4 members (excludes halogenated alkanes) is 1. The summed E-state index contributed by atoms with van der Waals surface area (Å²) in [5, 5.41) is 17.4. The molecule has 2 aromatic heterocycles. The highest BCUT2D eigenvalue weighted by Crippen LogP contribution is 2.16. The molecule has 0 radical (unpaired) electrons. The van der Waals surface area contributed by atoms with Gasteiger partial charge in [-0.25, -0.2) is 0 Å². The van der Waals surface area contributed by atoms with Crippen molar-refractivity contribution in [2.24, 2.45) is 0 Å². The van der Waals surface area contributed by atoms with Crippen LogP contribution < -0.4 is 5.32 Å². The number of anilines is 1. The van der Waals surface area contributed by atoms with Gasteiger partial charge in [0, 0.05) is 5.69 Å². The molecule has 0 bridgehead atoms. The van der Waals surface area contributed by atoms with Gasteiger partial charge in [0.2, 0.25) is 0 Å². The Labute approximate surface area is 156 Å². The lowest BCUT2D eigenvalue weighted by Crippen LogP contribution is -2.10. The number of benzene rings is 1. The highest BCUT2D eigenvalue weighted by molar-refractivity contribution is 6.02. The van der Waals surface area contributed by atoms with E-state index in [-0.39, 0.29) is 23.9 Å². The smallest absolute Gasteiger partial charge is 0.307 e. The van der Waals surface area contributed by atoms with Crippen molar-refractivity contribution in [3.8, 4) is 0 Å². The normalized spacial score (nSPS) is 10.7. The van der Waals surface area contributed by atoms with Crippen molar-refractivity contribution < 1.29 is 14.1 Å². The van der Waals surface area contributed by atoms with Crippen molar-refractivity contribution >= 4 is 17.3 Å². The van der Waals surface area contributed by atoms with Gasteiger partial charge in [-0.05, 0) is 42.7 Å². The molecule has 8 heteroatoms. The molecule has 140 valence electrons. The first-order valence-corrected chi connectivity index (χ1v) is 8.71. The molecule has 1 amide bonds. The Balaban J connectivity index is 1.60. The third kappa shape index (κ3) is 4.81. The monoisotopic (exact) mass is 368 g/mol. The first-order valence-electron chi connectivity index (χ1n) is 8.71. The van der Waals surface area contributed by atoms with Crippen LogP contribution in [0.3, 0.4) is 0 Å². The summed E-state index contributed by atoms with van der Waals surface area (Å²) in [5.41, 5.74) is 1.84. The summed E-state index contributed by atoms with van der Waals surface area (Å²) in [6, 6.07) is 11.0. The van der Waals surface area contributed by atoms with Gasteiger partial charge in [-0.15, -0.1) is 0 Å². The van der Waals surface area contributed by atoms with E-state index in [9.17, 15) is 14.9 Å². The molecule has 0 fully saturated rings. The van der Waals surface area contributed by atoms with Crippen molar-refractivity contribution in [3.63, 3.8) is 0 Å². The molecule has 0 aliphatic carbocycles. The zero-order valence-electron chi connectivity index (χ0n) is 14.9. The summed E-state index contributed by atoms with van der Waals surface area (Å²) in [6.45, 7) is 2.35. The van der Waals surface area contributed by atoms with E-state index in [1.54, 1.807) is 12.1 Å². The average molecular weight is 368 g/mol. The van der Waals surface area contributed by atoms with Crippen molar-refractivity contribution in [3.05, 3.63) is 76.0 Å². The van der Waals surface area contributed by atoms with Crippen LogP contribution in [0.15, 0.2) is 53.2 Å². The fourth-order valence-corrected chi connectivity index (χ4v) is 2.61. The van der Waals surface area contributed by atoms with Gasteiger partial charge >= 0.3 is 5.69 Å². The van der Waals surface area contributed by atoms with Crippen molar-refractivity contribution in [2.75, 3.05) is 5.32 Å². The average Bonchev–Trinajstić information content (AvgIpc) is 3.31. The second kappa shape index (κ2) is 8.31. The molecule has 0 aliphatic heterocycles. The molecule has 27 heavy (non-hydrogen) atoms. The number of aryl methyl sites for hydroxylation is 1. The van der Waals surface area contributed by atoms with Crippen LogP contribution in [0, 0.1) is 10.1 Å². The zero-order chi connectivity index (χ0) is 19.2. The molecule has 0 saturated carbocycles. The standard InChI is InChI=1S/C19H20N4O4/c1-2-3-4-14-5-7-15(8-6-14)21-19(24)18-10-9-17(27-18)13-22-12-16(11-20-22)23(25)26/h5-12H,2-4,13H2,1H3,(H,21,24). The van der Waals surface area contributed by atoms with E-state index in [1.807, 2.05) is 24.3 Å². The Morgan fingerprint density at radius 2 is 2.04 bits per heavy atom. The maximum absolute atomic E-state index is 12.3. The molecule has 3 rings (SSSR count). The molecule has 1 N–H and O–H groups in total. The fourth-order valence-electron chi connectivity index (χ4n) is 2.61. The van der Waals surface area contributed by atoms with Crippen LogP contribution in [0.4, 0.5) is 11.4 Å². The Hall–Kier alpha value is -3.42. The fraction of sp³-hybridized carbons (Fsp3) is 0.263. The van der Waals surface area contributed by atoms with Gasteiger partial charge in [0.15, 0.2) is 5.76 Å². The molecule has 0 atom stereocenters. The number of aromatic nitrogens is 2. The van der Waals surface area contributed by atoms with E-state index >= 15 is 0 Å². The minimum atomic E-state index is -0.516. The molecule has 2 heterocycles. The van der Waals surface area contributed by atoms with Crippen LogP contribution in [0.5, 0.6) is 0 Å². The van der Waals surface area contributed by atoms with Gasteiger partial charge in [0.05, 0.1) is 11.5 Å². The Kier molecular flexibility index (Phi) is 5.65. The SMILES string of the molecule is CCCCc1ccc(NC(=O)c2ccc(Cn3cc([N+](=O)[O-])cn3)o2)cc1. The van der Waals surface area contributed by atoms with Gasteiger partial charge in [-0.1, -0.05) is 25.5 Å². The van der Waals surface area contributed by atoms with Crippen LogP contribution in [0.1, 0.15) is 41.6 Å². The molecule has 0 spiro atoms. The predicted molar refractivity (Wildman–Crippen MR) is 99.7 cm³/mol. The van der Waals surface area contributed by atoms with Crippen LogP contribution in [-0.4, -0.2) is 20.6 Å². The molecule has 1 aromatic carbocycles. The minimum absolute atomic E-state index is 0.0955. The molecule has 0 unspecified atom stereocenters. The van der Waals surface area contributed by atoms with E-state index in [0.717, 1.165) is 19.3 Å². The first-order chi connectivity index (χ1) is 13.0. The lowest BCUT2D eigenvalue weighted by atomic mass is 10.1. The predicted octanol–water partition coefficient (Wildman–Crippen LogP) is 4.03. The summed E-state index contributed by atoms with van der Waals surface area (Å²) in [7, 11) is 0. The number of hydrogen-bond acceptors (Lipinski definition) is 5. The minimum Gasteiger partial charge on any atom is -0.454 e. The van der Waals surface area contributed by atoms with Gasteiger partial charge in [-0.3, -0.25) is 19.6 Å². The van der Waals surface area contributed by atoms with Crippen molar-refractivity contribution in [1.82, 2.24) is 9.78 Å². The molecular weight excluding hydrogens is 348 g/mol. The zero-order valence-corrected chi connectivity index (χ0v) is 14.9. The van der Waals surface area contributed by atoms with Gasteiger partial charge in [0.1, 0.15) is 18.2 Å². The van der Waals surface area contributed by atoms with E-state index in [1.165, 1.54) is 22.6 Å². The number of amides is 1. The largest absolute Gasteiger partial charge is 0.454 e. The van der Waals surface area contributed by atoms with E-state index in [4.69, 9.17) is 4.42 Å². The second-order valence-electron chi connectivity index (χ2n) is 6.17. The van der Waals surface area contributed by atoms with Crippen LogP contribution >= 0.6 is 0 Å². The number of carbonyl (C=O) groups excluding carboxylic acids is 1. The second-order valence-corrected chi connectivity index (χ2v) is 6.17. The summed E-state index contributed by atoms with van der Waals surface area (Å²) >= 11 is 0. The topological polar surface area (TPSA) is 103 Å². The summed E-state index contributed by atoms with van der Waals surface area (Å²) in [5.74, 6) is 0.295. The highest BCUT2D eigenvalue weighted by atomic mass is 16.6. The van der Waals surface area contributed by atoms with E-state index in [0.29, 0.717) is 11.4 Å². The third-order valence-corrected chi connectivity index (χ3v) is 4.06. The first kappa shape index (κ1) is 18.4. The summed E-state index contributed by atoms with van der Waals surface area (Å²) in [4.78, 5) is 22.5. The van der Waals surface area contributed by atoms with Gasteiger partial charge in [-0.2, -0.15) is 5.10 Å². The maximum atomic E-state index is 12.3. The number of hydrogen-bond donors (Lipinski definition) is 1. The lowest BCUT2D eigenvalue weighted by Gasteiger charge is -2.05. The van der Waals surface area contributed by atoms with E-state index < -0.39 is 4.92 Å². The van der Waals surface area contributed by atoms with Crippen molar-refractivity contribution in [2.45, 2.75) is 32.7 Å². The Morgan fingerprint density at radius 1 is 1.26 bits per heavy atom. The molecule has 0 saturated heterocycles. The summed E-state index contributed by atoms with van der Waals surface area (Å²) < 4.78 is 6.91. The quantitative estimate of drug-likeness (QED) is 0.478. The highest BCUT2D eigenvalue weighted by Gasteiger charge is 2.14. The summed E-state index contributed by atoms with van der Waals surface area (Å²) in [6.07, 6.45) is 5.78. The number of nitrogens with one attached hydrogen (secondary N) is 1. The maximum Gasteiger partial charge on any atom is 0.307 e. The van der Waals surface area contributed by atoms with E-state index in [2.05, 4.69) is 17.3 Å². The molecular formula is C19H20N4O4. The lowest BCUT2D eigenvalue weighted by molar-refractivity contribution is -0.385. The van der Waals surface area contributed by atoms with Gasteiger partial charge < -0.3 is 9.73 Å². The number of rotatable bonds is 8. The number of nitro groups is 1. The number of furan rings is 1. The molecule has 0 aliphatic rings. The molecule has 3 aromatic rings. The number of nitrogens with zero attached hydrogens (tertiary/aromatic N) is 3. The van der Waals surface area contributed by atoms with Crippen LogP contribution in [0.25, 0.3) is 0 Å². The molecule has 8 nitrogen and oxygen atoms in total. The third-order valence-electron chi connectivity index (χ3n) is 4.06. The van der Waals surface area contributed by atoms with Crippen LogP contribution in [0.2, 0.25) is 0 Å². The number of carbonyl (C=O) groups is 1. The van der Waals surface area contributed by atoms with Crippen molar-refractivity contribution in [1.29, 1.82) is 0 Å².